The number of benzene rings is 2. The summed E-state index contributed by atoms with van der Waals surface area (Å²) in [7, 11) is 0. The molecule has 2 aromatic carbocycles. The monoisotopic (exact) mass is 314 g/mol. The van der Waals surface area contributed by atoms with Crippen LogP contribution in [0.3, 0.4) is 0 Å². The number of carbonyl (C=O) groups is 2. The zero-order chi connectivity index (χ0) is 16.5. The molecule has 6 heteroatoms. The van der Waals surface area contributed by atoms with Gasteiger partial charge in [-0.1, -0.05) is 24.3 Å². The summed E-state index contributed by atoms with van der Waals surface area (Å²) in [5.74, 6) is -1.50. The largest absolute Gasteiger partial charge is 0.283 e. The second kappa shape index (κ2) is 5.58. The molecule has 6 nitrogen and oxygen atoms in total. The Hall–Kier alpha value is -3.54. The van der Waals surface area contributed by atoms with E-state index in [-0.39, 0.29) is 11.4 Å². The van der Waals surface area contributed by atoms with E-state index in [1.54, 1.807) is 36.4 Å². The zero-order valence-corrected chi connectivity index (χ0v) is 12.4. The van der Waals surface area contributed by atoms with Crippen molar-refractivity contribution in [2.45, 2.75) is 0 Å². The maximum Gasteiger partial charge on any atom is 0.255 e. The van der Waals surface area contributed by atoms with E-state index in [1.807, 2.05) is 12.1 Å². The quantitative estimate of drug-likeness (QED) is 0.427. The number of nitrogens with zero attached hydrogens (tertiary/aromatic N) is 4. The molecular formula is C18H10N4O2. The fourth-order valence-corrected chi connectivity index (χ4v) is 2.37. The summed E-state index contributed by atoms with van der Waals surface area (Å²) in [5, 5.41) is 0. The molecule has 0 bridgehead atoms. The van der Waals surface area contributed by atoms with Gasteiger partial charge >= 0.3 is 0 Å². The first-order valence-electron chi connectivity index (χ1n) is 7.25. The molecule has 2 heterocycles. The smallest absolute Gasteiger partial charge is 0.255 e. The minimum absolute atomic E-state index is 0.00587. The SMILES string of the molecule is O=C(C(=O)c1cnc2ccccc2n1)c1cnc2ccccc2n1. The van der Waals surface area contributed by atoms with E-state index in [0.717, 1.165) is 0 Å². The molecule has 2 aromatic heterocycles. The van der Waals surface area contributed by atoms with Crippen LogP contribution in [0.15, 0.2) is 60.9 Å². The molecule has 0 radical (unpaired) electrons. The first kappa shape index (κ1) is 14.1. The second-order valence-corrected chi connectivity index (χ2v) is 5.15. The van der Waals surface area contributed by atoms with Gasteiger partial charge in [-0.2, -0.15) is 0 Å². The lowest BCUT2D eigenvalue weighted by molar-refractivity contribution is 0.0811. The standard InChI is InChI=1S/C18H10N4O2/c23-17(15-9-19-11-5-1-3-7-13(11)21-15)18(24)16-10-20-12-6-2-4-8-14(12)22-16/h1-10H. The third kappa shape index (κ3) is 2.40. The number of fused-ring (bicyclic) bond motifs is 2. The first-order valence-corrected chi connectivity index (χ1v) is 7.25. The molecule has 0 spiro atoms. The van der Waals surface area contributed by atoms with Gasteiger partial charge in [0.05, 0.1) is 34.5 Å². The van der Waals surface area contributed by atoms with Crippen molar-refractivity contribution < 1.29 is 9.59 Å². The summed E-state index contributed by atoms with van der Waals surface area (Å²) in [6.45, 7) is 0. The van der Waals surface area contributed by atoms with E-state index in [0.29, 0.717) is 22.1 Å². The molecule has 0 N–H and O–H groups in total. The van der Waals surface area contributed by atoms with Gasteiger partial charge in [0.1, 0.15) is 11.4 Å². The lowest BCUT2D eigenvalue weighted by Gasteiger charge is -2.02. The predicted molar refractivity (Wildman–Crippen MR) is 87.7 cm³/mol. The first-order chi connectivity index (χ1) is 11.7. The van der Waals surface area contributed by atoms with Crippen LogP contribution in [0, 0.1) is 0 Å². The van der Waals surface area contributed by atoms with Crippen molar-refractivity contribution in [3.05, 3.63) is 72.3 Å². The van der Waals surface area contributed by atoms with E-state index in [2.05, 4.69) is 19.9 Å². The Labute approximate surface area is 136 Å². The number of carbonyl (C=O) groups excluding carboxylic acids is 2. The molecule has 0 aliphatic rings. The maximum atomic E-state index is 12.4. The summed E-state index contributed by atoms with van der Waals surface area (Å²) < 4.78 is 0. The van der Waals surface area contributed by atoms with Gasteiger partial charge in [-0.3, -0.25) is 19.6 Å². The van der Waals surface area contributed by atoms with Crippen molar-refractivity contribution in [3.63, 3.8) is 0 Å². The second-order valence-electron chi connectivity index (χ2n) is 5.15. The average Bonchev–Trinajstić information content (AvgIpc) is 2.66. The van der Waals surface area contributed by atoms with Crippen molar-refractivity contribution in [1.29, 1.82) is 0 Å². The molecule has 0 fully saturated rings. The number of aromatic nitrogens is 4. The van der Waals surface area contributed by atoms with Gasteiger partial charge in [0.25, 0.3) is 11.6 Å². The highest BCUT2D eigenvalue weighted by Gasteiger charge is 2.22. The Kier molecular flexibility index (Phi) is 3.28. The molecule has 4 rings (SSSR count). The molecule has 24 heavy (non-hydrogen) atoms. The summed E-state index contributed by atoms with van der Waals surface area (Å²) in [4.78, 5) is 41.5. The van der Waals surface area contributed by atoms with Gasteiger partial charge in [-0.05, 0) is 24.3 Å². The third-order valence-corrected chi connectivity index (χ3v) is 3.57. The summed E-state index contributed by atoms with van der Waals surface area (Å²) in [6, 6.07) is 14.3. The fourth-order valence-electron chi connectivity index (χ4n) is 2.37. The van der Waals surface area contributed by atoms with Gasteiger partial charge in [-0.25, -0.2) is 9.97 Å². The number of rotatable bonds is 3. The number of hydrogen-bond acceptors (Lipinski definition) is 6. The van der Waals surface area contributed by atoms with Crippen molar-refractivity contribution in [2.75, 3.05) is 0 Å². The van der Waals surface area contributed by atoms with E-state index in [9.17, 15) is 9.59 Å². The minimum atomic E-state index is -0.752. The Morgan fingerprint density at radius 1 is 0.583 bits per heavy atom. The van der Waals surface area contributed by atoms with E-state index < -0.39 is 11.6 Å². The summed E-state index contributed by atoms with van der Waals surface area (Å²) >= 11 is 0. The van der Waals surface area contributed by atoms with Crippen LogP contribution in [-0.4, -0.2) is 31.5 Å². The average molecular weight is 314 g/mol. The van der Waals surface area contributed by atoms with E-state index >= 15 is 0 Å². The highest BCUT2D eigenvalue weighted by molar-refractivity contribution is 6.48. The lowest BCUT2D eigenvalue weighted by Crippen LogP contribution is -2.18. The van der Waals surface area contributed by atoms with Gasteiger partial charge in [-0.15, -0.1) is 0 Å². The molecular weight excluding hydrogens is 304 g/mol. The van der Waals surface area contributed by atoms with Gasteiger partial charge in [0, 0.05) is 0 Å². The summed E-state index contributed by atoms with van der Waals surface area (Å²) in [6.07, 6.45) is 2.61. The number of para-hydroxylation sites is 4. The van der Waals surface area contributed by atoms with Crippen LogP contribution in [0.5, 0.6) is 0 Å². The Balaban J connectivity index is 1.72. The fraction of sp³-hybridized carbons (Fsp3) is 0. The van der Waals surface area contributed by atoms with E-state index in [1.165, 1.54) is 12.4 Å². The van der Waals surface area contributed by atoms with Crippen molar-refractivity contribution in [3.8, 4) is 0 Å². The molecule has 0 saturated heterocycles. The molecule has 0 atom stereocenters. The topological polar surface area (TPSA) is 85.7 Å². The van der Waals surface area contributed by atoms with Crippen LogP contribution in [0.4, 0.5) is 0 Å². The lowest BCUT2D eigenvalue weighted by atomic mass is 10.1. The number of Topliss-reactive ketones (excluding diaryl/α,β-unsaturated/α-hetero) is 2. The van der Waals surface area contributed by atoms with Crippen molar-refractivity contribution in [1.82, 2.24) is 19.9 Å². The minimum Gasteiger partial charge on any atom is -0.283 e. The zero-order valence-electron chi connectivity index (χ0n) is 12.4. The van der Waals surface area contributed by atoms with Crippen molar-refractivity contribution in [2.24, 2.45) is 0 Å². The molecule has 0 unspecified atom stereocenters. The van der Waals surface area contributed by atoms with E-state index in [4.69, 9.17) is 0 Å². The Morgan fingerprint density at radius 3 is 1.38 bits per heavy atom. The molecule has 114 valence electrons. The molecule has 0 amide bonds. The van der Waals surface area contributed by atoms with Crippen LogP contribution in [0.2, 0.25) is 0 Å². The van der Waals surface area contributed by atoms with Crippen LogP contribution in [0.25, 0.3) is 22.1 Å². The maximum absolute atomic E-state index is 12.4. The highest BCUT2D eigenvalue weighted by atomic mass is 16.2. The van der Waals surface area contributed by atoms with Crippen LogP contribution in [-0.2, 0) is 0 Å². The molecule has 0 saturated carbocycles. The molecule has 4 aromatic rings. The van der Waals surface area contributed by atoms with Gasteiger partial charge in [0.2, 0.25) is 0 Å². The normalized spacial score (nSPS) is 10.8. The molecule has 0 aliphatic heterocycles. The number of ketones is 2. The molecule has 0 aliphatic carbocycles. The Bertz CT molecular complexity index is 1020. The van der Waals surface area contributed by atoms with Crippen LogP contribution < -0.4 is 0 Å². The summed E-state index contributed by atoms with van der Waals surface area (Å²) in [5.41, 5.74) is 2.42. The highest BCUT2D eigenvalue weighted by Crippen LogP contribution is 2.12. The van der Waals surface area contributed by atoms with Gasteiger partial charge in [0.15, 0.2) is 0 Å². The number of hydrogen-bond donors (Lipinski definition) is 0. The predicted octanol–water partition coefficient (Wildman–Crippen LogP) is 2.64. The van der Waals surface area contributed by atoms with Crippen LogP contribution in [0.1, 0.15) is 21.0 Å². The van der Waals surface area contributed by atoms with Crippen molar-refractivity contribution >= 4 is 33.6 Å². The Morgan fingerprint density at radius 2 is 0.958 bits per heavy atom. The third-order valence-electron chi connectivity index (χ3n) is 3.57. The van der Waals surface area contributed by atoms with Crippen LogP contribution >= 0.6 is 0 Å². The van der Waals surface area contributed by atoms with Gasteiger partial charge < -0.3 is 0 Å².